The van der Waals surface area contributed by atoms with Gasteiger partial charge in [0.25, 0.3) is 0 Å². The highest BCUT2D eigenvalue weighted by atomic mass is 35.5. The Kier molecular flexibility index (Phi) is 4.50. The quantitative estimate of drug-likeness (QED) is 0.911. The van der Waals surface area contributed by atoms with E-state index in [2.05, 4.69) is 22.4 Å². The van der Waals surface area contributed by atoms with Crippen LogP contribution < -0.4 is 5.32 Å². The van der Waals surface area contributed by atoms with E-state index in [0.717, 1.165) is 13.0 Å². The van der Waals surface area contributed by atoms with E-state index in [9.17, 15) is 4.39 Å². The molecule has 102 valence electrons. The summed E-state index contributed by atoms with van der Waals surface area (Å²) in [6, 6.07) is 4.44. The third-order valence-electron chi connectivity index (χ3n) is 2.69. The van der Waals surface area contributed by atoms with Gasteiger partial charge in [-0.15, -0.1) is 10.2 Å². The number of benzene rings is 1. The van der Waals surface area contributed by atoms with Crippen LogP contribution in [-0.2, 0) is 0 Å². The Morgan fingerprint density at radius 2 is 2.21 bits per heavy atom. The summed E-state index contributed by atoms with van der Waals surface area (Å²) >= 11 is 5.88. The molecule has 0 saturated heterocycles. The molecule has 1 unspecified atom stereocenters. The molecular formula is C13H15ClFN3O. The van der Waals surface area contributed by atoms with Crippen molar-refractivity contribution in [3.63, 3.8) is 0 Å². The van der Waals surface area contributed by atoms with Gasteiger partial charge >= 0.3 is 0 Å². The lowest BCUT2D eigenvalue weighted by Crippen LogP contribution is -2.19. The zero-order valence-corrected chi connectivity index (χ0v) is 11.5. The van der Waals surface area contributed by atoms with Gasteiger partial charge in [0.15, 0.2) is 0 Å². The number of aromatic nitrogens is 2. The molecule has 0 fully saturated rings. The van der Waals surface area contributed by atoms with E-state index < -0.39 is 5.82 Å². The Morgan fingerprint density at radius 3 is 2.95 bits per heavy atom. The van der Waals surface area contributed by atoms with Crippen molar-refractivity contribution in [2.75, 3.05) is 6.54 Å². The predicted octanol–water partition coefficient (Wildman–Crippen LogP) is 3.59. The van der Waals surface area contributed by atoms with Gasteiger partial charge in [-0.05, 0) is 32.0 Å². The van der Waals surface area contributed by atoms with Crippen LogP contribution in [0.5, 0.6) is 0 Å². The van der Waals surface area contributed by atoms with Crippen LogP contribution in [0.3, 0.4) is 0 Å². The van der Waals surface area contributed by atoms with Gasteiger partial charge in [-0.1, -0.05) is 24.6 Å². The van der Waals surface area contributed by atoms with Crippen molar-refractivity contribution in [3.8, 4) is 11.5 Å². The smallest absolute Gasteiger partial charge is 0.249 e. The van der Waals surface area contributed by atoms with Crippen molar-refractivity contribution < 1.29 is 8.81 Å². The third kappa shape index (κ3) is 3.11. The van der Waals surface area contributed by atoms with Crippen molar-refractivity contribution >= 4 is 11.6 Å². The Labute approximate surface area is 116 Å². The third-order valence-corrected chi connectivity index (χ3v) is 3.08. The lowest BCUT2D eigenvalue weighted by molar-refractivity contribution is 0.423. The van der Waals surface area contributed by atoms with Gasteiger partial charge in [0.1, 0.15) is 5.82 Å². The standard InChI is InChI=1S/C13H15ClFN3O/c1-3-7-16-8(2)12-17-18-13(19-12)9-5-4-6-10(15)11(9)14/h4-6,8,16H,3,7H2,1-2H3. The van der Waals surface area contributed by atoms with Crippen LogP contribution in [0, 0.1) is 5.82 Å². The predicted molar refractivity (Wildman–Crippen MR) is 71.4 cm³/mol. The molecule has 1 heterocycles. The molecule has 19 heavy (non-hydrogen) atoms. The summed E-state index contributed by atoms with van der Waals surface area (Å²) in [6.45, 7) is 4.87. The second-order valence-corrected chi connectivity index (χ2v) is 4.60. The van der Waals surface area contributed by atoms with Gasteiger partial charge in [-0.2, -0.15) is 0 Å². The maximum absolute atomic E-state index is 13.4. The fraction of sp³-hybridized carbons (Fsp3) is 0.385. The average molecular weight is 284 g/mol. The highest BCUT2D eigenvalue weighted by Crippen LogP contribution is 2.29. The Balaban J connectivity index is 2.23. The Bertz CT molecular complexity index is 559. The fourth-order valence-corrected chi connectivity index (χ4v) is 1.84. The molecule has 4 nitrogen and oxygen atoms in total. The van der Waals surface area contributed by atoms with Crippen LogP contribution in [-0.4, -0.2) is 16.7 Å². The van der Waals surface area contributed by atoms with E-state index in [4.69, 9.17) is 16.0 Å². The first-order valence-corrected chi connectivity index (χ1v) is 6.52. The number of nitrogens with one attached hydrogen (secondary N) is 1. The van der Waals surface area contributed by atoms with Gasteiger partial charge in [0.05, 0.1) is 16.6 Å². The van der Waals surface area contributed by atoms with Crippen LogP contribution >= 0.6 is 11.6 Å². The monoisotopic (exact) mass is 283 g/mol. The largest absolute Gasteiger partial charge is 0.419 e. The molecule has 2 aromatic rings. The molecule has 0 aliphatic rings. The number of hydrogen-bond acceptors (Lipinski definition) is 4. The summed E-state index contributed by atoms with van der Waals surface area (Å²) in [5.74, 6) is 0.185. The zero-order chi connectivity index (χ0) is 13.8. The van der Waals surface area contributed by atoms with Crippen molar-refractivity contribution in [3.05, 3.63) is 34.9 Å². The van der Waals surface area contributed by atoms with E-state index in [1.54, 1.807) is 12.1 Å². The first-order chi connectivity index (χ1) is 9.13. The van der Waals surface area contributed by atoms with Crippen molar-refractivity contribution in [1.82, 2.24) is 15.5 Å². The first-order valence-electron chi connectivity index (χ1n) is 6.14. The summed E-state index contributed by atoms with van der Waals surface area (Å²) in [6.07, 6.45) is 1.01. The van der Waals surface area contributed by atoms with Gasteiger partial charge in [0.2, 0.25) is 11.8 Å². The molecule has 2 rings (SSSR count). The van der Waals surface area contributed by atoms with Crippen LogP contribution in [0.25, 0.3) is 11.5 Å². The minimum Gasteiger partial charge on any atom is -0.419 e. The van der Waals surface area contributed by atoms with Crippen LogP contribution in [0.15, 0.2) is 22.6 Å². The fourth-order valence-electron chi connectivity index (χ4n) is 1.64. The molecule has 0 radical (unpaired) electrons. The van der Waals surface area contributed by atoms with Crippen molar-refractivity contribution in [2.24, 2.45) is 0 Å². The molecule has 1 aromatic carbocycles. The molecule has 6 heteroatoms. The summed E-state index contributed by atoms with van der Waals surface area (Å²) < 4.78 is 18.9. The molecule has 0 aliphatic carbocycles. The van der Waals surface area contributed by atoms with Gasteiger partial charge in [-0.25, -0.2) is 4.39 Å². The lowest BCUT2D eigenvalue weighted by Gasteiger charge is -2.07. The number of halogens is 2. The molecule has 0 spiro atoms. The molecule has 0 saturated carbocycles. The molecule has 1 N–H and O–H groups in total. The van der Waals surface area contributed by atoms with Crippen LogP contribution in [0.4, 0.5) is 4.39 Å². The molecule has 1 atom stereocenters. The van der Waals surface area contributed by atoms with Crippen LogP contribution in [0.1, 0.15) is 32.2 Å². The van der Waals surface area contributed by atoms with Crippen molar-refractivity contribution in [2.45, 2.75) is 26.3 Å². The second kappa shape index (κ2) is 6.12. The Morgan fingerprint density at radius 1 is 1.42 bits per heavy atom. The highest BCUT2D eigenvalue weighted by molar-refractivity contribution is 6.33. The molecule has 0 amide bonds. The SMILES string of the molecule is CCCNC(C)c1nnc(-c2cccc(F)c2Cl)o1. The Hall–Kier alpha value is -1.46. The van der Waals surface area contributed by atoms with Gasteiger partial charge in [-0.3, -0.25) is 0 Å². The zero-order valence-electron chi connectivity index (χ0n) is 10.8. The van der Waals surface area contributed by atoms with Gasteiger partial charge < -0.3 is 9.73 Å². The van der Waals surface area contributed by atoms with Crippen LogP contribution in [0.2, 0.25) is 5.02 Å². The van der Waals surface area contributed by atoms with E-state index in [1.807, 2.05) is 6.92 Å². The number of nitrogens with zero attached hydrogens (tertiary/aromatic N) is 2. The summed E-state index contributed by atoms with van der Waals surface area (Å²) in [4.78, 5) is 0. The number of hydrogen-bond donors (Lipinski definition) is 1. The first kappa shape index (κ1) is 14.0. The van der Waals surface area contributed by atoms with E-state index in [1.165, 1.54) is 6.07 Å². The topological polar surface area (TPSA) is 51.0 Å². The minimum absolute atomic E-state index is 0.00753. The van der Waals surface area contributed by atoms with E-state index in [-0.39, 0.29) is 17.0 Å². The highest BCUT2D eigenvalue weighted by Gasteiger charge is 2.17. The second-order valence-electron chi connectivity index (χ2n) is 4.22. The summed E-state index contributed by atoms with van der Waals surface area (Å²) in [5.41, 5.74) is 0.406. The number of rotatable bonds is 5. The normalized spacial score (nSPS) is 12.6. The molecule has 1 aromatic heterocycles. The summed E-state index contributed by atoms with van der Waals surface area (Å²) in [7, 11) is 0. The molecular weight excluding hydrogens is 269 g/mol. The minimum atomic E-state index is -0.504. The molecule has 0 aliphatic heterocycles. The maximum Gasteiger partial charge on any atom is 0.249 e. The maximum atomic E-state index is 13.4. The summed E-state index contributed by atoms with van der Waals surface area (Å²) in [5, 5.41) is 11.1. The lowest BCUT2D eigenvalue weighted by atomic mass is 10.2. The van der Waals surface area contributed by atoms with E-state index >= 15 is 0 Å². The van der Waals surface area contributed by atoms with E-state index in [0.29, 0.717) is 11.5 Å². The average Bonchev–Trinajstić information content (AvgIpc) is 2.88. The molecule has 0 bridgehead atoms. The van der Waals surface area contributed by atoms with Crippen molar-refractivity contribution in [1.29, 1.82) is 0 Å². The van der Waals surface area contributed by atoms with Gasteiger partial charge in [0, 0.05) is 0 Å².